The van der Waals surface area contributed by atoms with Gasteiger partial charge in [-0.2, -0.15) is 0 Å². The molecule has 3 aliphatic carbocycles. The second-order valence-electron chi connectivity index (χ2n) is 11.6. The van der Waals surface area contributed by atoms with Gasteiger partial charge in [0, 0.05) is 25.4 Å². The van der Waals surface area contributed by atoms with Gasteiger partial charge in [-0.25, -0.2) is 13.1 Å². The third kappa shape index (κ3) is 5.04. The van der Waals surface area contributed by atoms with Gasteiger partial charge in [0.15, 0.2) is 11.6 Å². The van der Waals surface area contributed by atoms with Crippen molar-refractivity contribution in [3.63, 3.8) is 0 Å². The number of Topliss-reactive ketones (excluding diaryl/α,β-unsaturated/α-hetero) is 2. The van der Waals surface area contributed by atoms with Crippen molar-refractivity contribution in [2.75, 3.05) is 39.6 Å². The van der Waals surface area contributed by atoms with Gasteiger partial charge >= 0.3 is 0 Å². The molecule has 0 radical (unpaired) electrons. The van der Waals surface area contributed by atoms with Gasteiger partial charge in [-0.05, 0) is 64.3 Å². The SMILES string of the molecule is CC(C)S(=O)(=O)NCC#Cc1cc(N(C)C)c2c(c1O)C(O)=C1C(=O)C3C(=O)C(C(N)=O)=C(O)[C@@H](N(C)C)C3CC1C2. The van der Waals surface area contributed by atoms with Crippen LogP contribution >= 0.6 is 0 Å². The lowest BCUT2D eigenvalue weighted by Crippen LogP contribution is -2.55. The molecule has 0 spiro atoms. The third-order valence-electron chi connectivity index (χ3n) is 8.23. The average molecular weight is 601 g/mol. The van der Waals surface area contributed by atoms with Crippen molar-refractivity contribution in [1.29, 1.82) is 0 Å². The Balaban J connectivity index is 1.84. The molecule has 3 aliphatic rings. The van der Waals surface area contributed by atoms with Crippen molar-refractivity contribution in [1.82, 2.24) is 9.62 Å². The number of hydrogen-bond donors (Lipinski definition) is 5. The largest absolute Gasteiger partial charge is 0.510 e. The van der Waals surface area contributed by atoms with Crippen molar-refractivity contribution < 1.29 is 38.1 Å². The zero-order chi connectivity index (χ0) is 31.4. The molecule has 0 aromatic heterocycles. The number of phenols is 1. The average Bonchev–Trinajstić information content (AvgIpc) is 2.86. The molecule has 0 heterocycles. The maximum absolute atomic E-state index is 13.9. The first-order chi connectivity index (χ1) is 19.5. The minimum Gasteiger partial charge on any atom is -0.510 e. The molecule has 1 saturated carbocycles. The van der Waals surface area contributed by atoms with Gasteiger partial charge in [0.1, 0.15) is 22.8 Å². The minimum absolute atomic E-state index is 0.00671. The molecule has 12 nitrogen and oxygen atoms in total. The van der Waals surface area contributed by atoms with Crippen LogP contribution in [0.25, 0.3) is 5.76 Å². The van der Waals surface area contributed by atoms with Crippen molar-refractivity contribution >= 4 is 38.9 Å². The molecule has 226 valence electrons. The van der Waals surface area contributed by atoms with Crippen molar-refractivity contribution in [3.8, 4) is 17.6 Å². The summed E-state index contributed by atoms with van der Waals surface area (Å²) in [5, 5.41) is 33.0. The zero-order valence-corrected chi connectivity index (χ0v) is 25.2. The van der Waals surface area contributed by atoms with E-state index in [4.69, 9.17) is 5.73 Å². The Morgan fingerprint density at radius 2 is 1.79 bits per heavy atom. The predicted octanol–water partition coefficient (Wildman–Crippen LogP) is 0.594. The molecule has 13 heteroatoms. The number of likely N-dealkylation sites (N-methyl/N-ethyl adjacent to an activating group) is 1. The lowest BCUT2D eigenvalue weighted by molar-refractivity contribution is -0.136. The summed E-state index contributed by atoms with van der Waals surface area (Å²) < 4.78 is 26.4. The van der Waals surface area contributed by atoms with Gasteiger partial charge < -0.3 is 26.0 Å². The number of benzene rings is 1. The monoisotopic (exact) mass is 600 g/mol. The van der Waals surface area contributed by atoms with Gasteiger partial charge in [0.05, 0.1) is 34.9 Å². The first-order valence-corrected chi connectivity index (χ1v) is 15.0. The maximum atomic E-state index is 13.9. The standard InChI is InChI=1S/C29H36N4O8S/c1-13(2)42(40,41)31-9-7-8-14-12-18(32(3)4)16-10-15-11-17-21(26(36)19(15)25(35)20(16)24(14)34)27(37)22(29(30)39)28(38)23(17)33(5)6/h12-13,15,17,21,23,31,34-35,38H,9-11H2,1-6H3,(H2,30,39)/t15?,17?,21?,23-/m0/s1. The molecular weight excluding hydrogens is 564 g/mol. The molecule has 0 aliphatic heterocycles. The summed E-state index contributed by atoms with van der Waals surface area (Å²) in [6.45, 7) is 2.85. The maximum Gasteiger partial charge on any atom is 0.255 e. The molecule has 4 rings (SSSR count). The van der Waals surface area contributed by atoms with Gasteiger partial charge in [-0.3, -0.25) is 19.3 Å². The second kappa shape index (κ2) is 11.1. The number of aliphatic hydroxyl groups is 2. The number of fused-ring (bicyclic) bond motifs is 3. The number of nitrogens with one attached hydrogen (secondary N) is 1. The van der Waals surface area contributed by atoms with E-state index < -0.39 is 73.6 Å². The third-order valence-corrected chi connectivity index (χ3v) is 10.0. The number of phenolic OH excluding ortho intramolecular Hbond substituents is 1. The Kier molecular flexibility index (Phi) is 8.21. The van der Waals surface area contributed by atoms with Gasteiger partial charge in [0.2, 0.25) is 10.0 Å². The summed E-state index contributed by atoms with van der Waals surface area (Å²) in [6.07, 6.45) is 0.485. The number of allylic oxidation sites excluding steroid dienone is 1. The zero-order valence-electron chi connectivity index (χ0n) is 24.3. The fourth-order valence-electron chi connectivity index (χ4n) is 6.25. The Bertz CT molecular complexity index is 1610. The number of nitrogens with two attached hydrogens (primary N) is 1. The Morgan fingerprint density at radius 3 is 2.33 bits per heavy atom. The first-order valence-electron chi connectivity index (χ1n) is 13.5. The molecule has 3 unspecified atom stereocenters. The smallest absolute Gasteiger partial charge is 0.255 e. The summed E-state index contributed by atoms with van der Waals surface area (Å²) in [6, 6.07) is 0.807. The number of aliphatic hydroxyl groups excluding tert-OH is 2. The van der Waals surface area contributed by atoms with Crippen LogP contribution in [-0.2, 0) is 30.8 Å². The number of anilines is 1. The van der Waals surface area contributed by atoms with Gasteiger partial charge in [-0.15, -0.1) is 0 Å². The van der Waals surface area contributed by atoms with Crippen LogP contribution < -0.4 is 15.4 Å². The van der Waals surface area contributed by atoms with E-state index >= 15 is 0 Å². The lowest BCUT2D eigenvalue weighted by Gasteiger charge is -2.46. The summed E-state index contributed by atoms with van der Waals surface area (Å²) in [7, 11) is 3.32. The number of nitrogens with zero attached hydrogens (tertiary/aromatic N) is 2. The molecule has 6 N–H and O–H groups in total. The minimum atomic E-state index is -3.55. The molecule has 1 aromatic carbocycles. The van der Waals surface area contributed by atoms with Gasteiger partial charge in [0.25, 0.3) is 5.91 Å². The molecule has 1 aromatic rings. The Hall–Kier alpha value is -3.86. The number of carbonyl (C=O) groups is 3. The van der Waals surface area contributed by atoms with Crippen LogP contribution in [0.5, 0.6) is 5.75 Å². The van der Waals surface area contributed by atoms with E-state index in [1.54, 1.807) is 44.1 Å². The number of aromatic hydroxyl groups is 1. The number of hydrogen-bond acceptors (Lipinski definition) is 10. The highest BCUT2D eigenvalue weighted by Gasteiger charge is 2.56. The quantitative estimate of drug-likeness (QED) is 0.176. The van der Waals surface area contributed by atoms with Crippen LogP contribution in [0.4, 0.5) is 5.69 Å². The first kappa shape index (κ1) is 31.1. The van der Waals surface area contributed by atoms with Crippen molar-refractivity contribution in [3.05, 3.63) is 39.7 Å². The highest BCUT2D eigenvalue weighted by molar-refractivity contribution is 7.90. The van der Waals surface area contributed by atoms with Crippen LogP contribution in [-0.4, -0.2) is 92.1 Å². The summed E-state index contributed by atoms with van der Waals surface area (Å²) >= 11 is 0. The molecule has 0 bridgehead atoms. The van der Waals surface area contributed by atoms with Crippen molar-refractivity contribution in [2.24, 2.45) is 23.5 Å². The number of amides is 1. The molecular formula is C29H36N4O8S. The molecule has 0 saturated heterocycles. The predicted molar refractivity (Wildman–Crippen MR) is 156 cm³/mol. The number of sulfonamides is 1. The normalized spacial score (nSPS) is 23.8. The van der Waals surface area contributed by atoms with E-state index in [0.717, 1.165) is 0 Å². The van der Waals surface area contributed by atoms with Crippen LogP contribution in [0, 0.1) is 29.6 Å². The van der Waals surface area contributed by atoms with E-state index in [1.165, 1.54) is 13.8 Å². The summed E-state index contributed by atoms with van der Waals surface area (Å²) in [4.78, 5) is 42.8. The number of carbonyl (C=O) groups excluding carboxylic acids is 3. The van der Waals surface area contributed by atoms with Crippen LogP contribution in [0.2, 0.25) is 0 Å². The van der Waals surface area contributed by atoms with E-state index in [2.05, 4.69) is 16.6 Å². The number of rotatable bonds is 6. The van der Waals surface area contributed by atoms with Crippen LogP contribution in [0.1, 0.15) is 37.0 Å². The fourth-order valence-corrected chi connectivity index (χ4v) is 6.86. The topological polar surface area (TPSA) is 191 Å². The summed E-state index contributed by atoms with van der Waals surface area (Å²) in [5.74, 6) is -1.19. The highest BCUT2D eigenvalue weighted by Crippen LogP contribution is 2.52. The molecule has 1 fully saturated rings. The van der Waals surface area contributed by atoms with Gasteiger partial charge in [-0.1, -0.05) is 11.8 Å². The van der Waals surface area contributed by atoms with E-state index in [-0.39, 0.29) is 41.8 Å². The number of primary amides is 1. The second-order valence-corrected chi connectivity index (χ2v) is 13.9. The number of ketones is 2. The Labute approximate surface area is 244 Å². The highest BCUT2D eigenvalue weighted by atomic mass is 32.2. The van der Waals surface area contributed by atoms with Crippen LogP contribution in [0.3, 0.4) is 0 Å². The fraction of sp³-hybridized carbons (Fsp3) is 0.483. The van der Waals surface area contributed by atoms with Crippen molar-refractivity contribution in [2.45, 2.75) is 38.0 Å². The molecule has 1 amide bonds. The molecule has 42 heavy (non-hydrogen) atoms. The lowest BCUT2D eigenvalue weighted by atomic mass is 9.59. The van der Waals surface area contributed by atoms with E-state index in [0.29, 0.717) is 11.3 Å². The summed E-state index contributed by atoms with van der Waals surface area (Å²) in [5.41, 5.74) is 6.07. The van der Waals surface area contributed by atoms with E-state index in [1.807, 2.05) is 0 Å². The molecule has 4 atom stereocenters. The van der Waals surface area contributed by atoms with E-state index in [9.17, 15) is 38.1 Å². The Morgan fingerprint density at radius 1 is 1.14 bits per heavy atom. The van der Waals surface area contributed by atoms with Crippen LogP contribution in [0.15, 0.2) is 23.0 Å².